The van der Waals surface area contributed by atoms with Crippen LogP contribution < -0.4 is 5.32 Å². The number of hydrogen-bond donors (Lipinski definition) is 1. The monoisotopic (exact) mass is 227 g/mol. The molecule has 0 heterocycles. The predicted molar refractivity (Wildman–Crippen MR) is 69.8 cm³/mol. The molecule has 1 fully saturated rings. The zero-order valence-corrected chi connectivity index (χ0v) is 11.1. The largest absolute Gasteiger partial charge is 0.381 e. The number of rotatable bonds is 9. The van der Waals surface area contributed by atoms with E-state index in [4.69, 9.17) is 4.74 Å². The van der Waals surface area contributed by atoms with Gasteiger partial charge in [-0.3, -0.25) is 0 Å². The molecule has 0 saturated heterocycles. The Hall–Kier alpha value is -0.0800. The highest BCUT2D eigenvalue weighted by Crippen LogP contribution is 2.24. The highest BCUT2D eigenvalue weighted by atomic mass is 16.5. The van der Waals surface area contributed by atoms with Gasteiger partial charge in [-0.25, -0.2) is 0 Å². The first kappa shape index (κ1) is 14.0. The van der Waals surface area contributed by atoms with Crippen LogP contribution >= 0.6 is 0 Å². The molecule has 1 saturated carbocycles. The van der Waals surface area contributed by atoms with Crippen molar-refractivity contribution in [2.75, 3.05) is 19.8 Å². The number of hydrogen-bond acceptors (Lipinski definition) is 2. The molecule has 0 spiro atoms. The Balaban J connectivity index is 1.83. The molecule has 0 amide bonds. The fraction of sp³-hybridized carbons (Fsp3) is 1.00. The van der Waals surface area contributed by atoms with Crippen LogP contribution in [0.15, 0.2) is 0 Å². The Morgan fingerprint density at radius 1 is 1.31 bits per heavy atom. The summed E-state index contributed by atoms with van der Waals surface area (Å²) < 4.78 is 5.74. The Morgan fingerprint density at radius 2 is 2.06 bits per heavy atom. The van der Waals surface area contributed by atoms with Crippen molar-refractivity contribution >= 4 is 0 Å². The minimum atomic E-state index is 0.648. The fourth-order valence-electron chi connectivity index (χ4n) is 2.41. The molecular weight excluding hydrogens is 198 g/mol. The summed E-state index contributed by atoms with van der Waals surface area (Å²) in [6.07, 6.45) is 9.30. The zero-order valence-electron chi connectivity index (χ0n) is 11.1. The molecule has 1 aliphatic rings. The van der Waals surface area contributed by atoms with Crippen molar-refractivity contribution in [3.05, 3.63) is 0 Å². The standard InChI is InChI=1S/C14H29NO/c1-3-10-15-13(2)7-6-11-16-12-14-8-4-5-9-14/h13-15H,3-12H2,1-2H3. The van der Waals surface area contributed by atoms with Crippen LogP contribution in [0.1, 0.15) is 58.8 Å². The minimum absolute atomic E-state index is 0.648. The molecule has 1 unspecified atom stereocenters. The molecular formula is C14H29NO. The maximum atomic E-state index is 5.74. The Bertz CT molecular complexity index is 155. The van der Waals surface area contributed by atoms with Gasteiger partial charge in [-0.15, -0.1) is 0 Å². The van der Waals surface area contributed by atoms with E-state index < -0.39 is 0 Å². The topological polar surface area (TPSA) is 21.3 Å². The predicted octanol–water partition coefficient (Wildman–Crippen LogP) is 3.36. The van der Waals surface area contributed by atoms with Gasteiger partial charge in [0.05, 0.1) is 0 Å². The zero-order chi connectivity index (χ0) is 11.6. The van der Waals surface area contributed by atoms with Gasteiger partial charge in [0.1, 0.15) is 0 Å². The van der Waals surface area contributed by atoms with E-state index in [0.29, 0.717) is 6.04 Å². The van der Waals surface area contributed by atoms with Crippen molar-refractivity contribution in [2.24, 2.45) is 5.92 Å². The summed E-state index contributed by atoms with van der Waals surface area (Å²) in [5, 5.41) is 3.51. The van der Waals surface area contributed by atoms with Crippen LogP contribution in [-0.2, 0) is 4.74 Å². The van der Waals surface area contributed by atoms with Crippen LogP contribution in [0.3, 0.4) is 0 Å². The lowest BCUT2D eigenvalue weighted by Gasteiger charge is -2.14. The molecule has 16 heavy (non-hydrogen) atoms. The highest BCUT2D eigenvalue weighted by Gasteiger charge is 2.14. The van der Waals surface area contributed by atoms with Crippen LogP contribution in [0.2, 0.25) is 0 Å². The smallest absolute Gasteiger partial charge is 0.0494 e. The van der Waals surface area contributed by atoms with Gasteiger partial charge >= 0.3 is 0 Å². The van der Waals surface area contributed by atoms with Gasteiger partial charge < -0.3 is 10.1 Å². The summed E-state index contributed by atoms with van der Waals surface area (Å²) in [5.41, 5.74) is 0. The number of ether oxygens (including phenoxy) is 1. The SMILES string of the molecule is CCCNC(C)CCCOCC1CCCC1. The van der Waals surface area contributed by atoms with Gasteiger partial charge in [0.25, 0.3) is 0 Å². The molecule has 0 aromatic carbocycles. The summed E-state index contributed by atoms with van der Waals surface area (Å²) in [5.74, 6) is 0.871. The van der Waals surface area contributed by atoms with E-state index in [-0.39, 0.29) is 0 Å². The molecule has 1 rings (SSSR count). The Kier molecular flexibility index (Phi) is 7.87. The van der Waals surface area contributed by atoms with Crippen molar-refractivity contribution in [3.8, 4) is 0 Å². The second kappa shape index (κ2) is 9.00. The molecule has 0 aromatic heterocycles. The normalized spacial score (nSPS) is 19.1. The van der Waals surface area contributed by atoms with Gasteiger partial charge in [0.2, 0.25) is 0 Å². The van der Waals surface area contributed by atoms with Crippen LogP contribution in [-0.4, -0.2) is 25.8 Å². The van der Waals surface area contributed by atoms with E-state index in [1.165, 1.54) is 44.9 Å². The van der Waals surface area contributed by atoms with Crippen molar-refractivity contribution in [2.45, 2.75) is 64.8 Å². The first-order valence-corrected chi connectivity index (χ1v) is 7.14. The summed E-state index contributed by atoms with van der Waals surface area (Å²) in [6, 6.07) is 0.648. The van der Waals surface area contributed by atoms with Crippen molar-refractivity contribution in [3.63, 3.8) is 0 Å². The third-order valence-electron chi connectivity index (χ3n) is 3.50. The Morgan fingerprint density at radius 3 is 2.75 bits per heavy atom. The molecule has 2 nitrogen and oxygen atoms in total. The van der Waals surface area contributed by atoms with Crippen LogP contribution in [0.4, 0.5) is 0 Å². The summed E-state index contributed by atoms with van der Waals surface area (Å²) >= 11 is 0. The lowest BCUT2D eigenvalue weighted by Crippen LogP contribution is -2.26. The second-order valence-electron chi connectivity index (χ2n) is 5.22. The first-order valence-electron chi connectivity index (χ1n) is 7.14. The molecule has 96 valence electrons. The molecule has 0 aromatic rings. The summed E-state index contributed by atoms with van der Waals surface area (Å²) in [6.45, 7) is 7.59. The third-order valence-corrected chi connectivity index (χ3v) is 3.50. The van der Waals surface area contributed by atoms with E-state index >= 15 is 0 Å². The minimum Gasteiger partial charge on any atom is -0.381 e. The van der Waals surface area contributed by atoms with Crippen molar-refractivity contribution < 1.29 is 4.74 Å². The highest BCUT2D eigenvalue weighted by molar-refractivity contribution is 4.66. The maximum Gasteiger partial charge on any atom is 0.0494 e. The van der Waals surface area contributed by atoms with E-state index in [1.54, 1.807) is 0 Å². The lowest BCUT2D eigenvalue weighted by molar-refractivity contribution is 0.0968. The van der Waals surface area contributed by atoms with Gasteiger partial charge in [0.15, 0.2) is 0 Å². The molecule has 0 aliphatic heterocycles. The van der Waals surface area contributed by atoms with Crippen molar-refractivity contribution in [1.29, 1.82) is 0 Å². The van der Waals surface area contributed by atoms with Gasteiger partial charge in [-0.2, -0.15) is 0 Å². The van der Waals surface area contributed by atoms with E-state index in [9.17, 15) is 0 Å². The van der Waals surface area contributed by atoms with Gasteiger partial charge in [-0.1, -0.05) is 19.8 Å². The average Bonchev–Trinajstić information content (AvgIpc) is 2.79. The van der Waals surface area contributed by atoms with Crippen LogP contribution in [0.25, 0.3) is 0 Å². The summed E-state index contributed by atoms with van der Waals surface area (Å²) in [4.78, 5) is 0. The fourth-order valence-corrected chi connectivity index (χ4v) is 2.41. The molecule has 1 atom stereocenters. The quantitative estimate of drug-likeness (QED) is 0.610. The van der Waals surface area contributed by atoms with Gasteiger partial charge in [0, 0.05) is 19.3 Å². The summed E-state index contributed by atoms with van der Waals surface area (Å²) in [7, 11) is 0. The first-order chi connectivity index (χ1) is 7.83. The van der Waals surface area contributed by atoms with E-state index in [2.05, 4.69) is 19.2 Å². The molecule has 1 N–H and O–H groups in total. The molecule has 1 aliphatic carbocycles. The van der Waals surface area contributed by atoms with E-state index in [0.717, 1.165) is 25.7 Å². The van der Waals surface area contributed by atoms with Crippen molar-refractivity contribution in [1.82, 2.24) is 5.32 Å². The van der Waals surface area contributed by atoms with Gasteiger partial charge in [-0.05, 0) is 51.5 Å². The number of nitrogens with one attached hydrogen (secondary N) is 1. The average molecular weight is 227 g/mol. The third kappa shape index (κ3) is 6.49. The van der Waals surface area contributed by atoms with E-state index in [1.807, 2.05) is 0 Å². The Labute approximate surface area is 101 Å². The molecule has 0 radical (unpaired) electrons. The van der Waals surface area contributed by atoms with Crippen LogP contribution in [0.5, 0.6) is 0 Å². The molecule has 0 bridgehead atoms. The second-order valence-corrected chi connectivity index (χ2v) is 5.22. The van der Waals surface area contributed by atoms with Crippen LogP contribution in [0, 0.1) is 5.92 Å². The maximum absolute atomic E-state index is 5.74. The lowest BCUT2D eigenvalue weighted by atomic mass is 10.1. The molecule has 2 heteroatoms.